The Kier molecular flexibility index (Phi) is 4.48. The monoisotopic (exact) mass is 392 g/mol. The smallest absolute Gasteiger partial charge is 0.416 e. The van der Waals surface area contributed by atoms with Crippen LogP contribution in [0.3, 0.4) is 0 Å². The Morgan fingerprint density at radius 1 is 1.32 bits per heavy atom. The van der Waals surface area contributed by atoms with Crippen molar-refractivity contribution in [3.05, 3.63) is 58.1 Å². The van der Waals surface area contributed by atoms with Gasteiger partial charge in [0.2, 0.25) is 0 Å². The van der Waals surface area contributed by atoms with Gasteiger partial charge in [-0.3, -0.25) is 4.79 Å². The van der Waals surface area contributed by atoms with Crippen molar-refractivity contribution < 1.29 is 32.5 Å². The van der Waals surface area contributed by atoms with Crippen LogP contribution in [0.4, 0.5) is 13.2 Å². The highest BCUT2D eigenvalue weighted by Crippen LogP contribution is 2.45. The number of alkyl halides is 3. The third-order valence-electron chi connectivity index (χ3n) is 5.39. The molecule has 2 aromatic carbocycles. The highest BCUT2D eigenvalue weighted by atomic mass is 19.4. The number of ether oxygens (including phenoxy) is 2. The lowest BCUT2D eigenvalue weighted by Gasteiger charge is -2.18. The molecule has 0 spiro atoms. The van der Waals surface area contributed by atoms with E-state index in [4.69, 9.17) is 14.6 Å². The van der Waals surface area contributed by atoms with E-state index < -0.39 is 23.8 Å². The lowest BCUT2D eigenvalue weighted by Crippen LogP contribution is -2.10. The van der Waals surface area contributed by atoms with Gasteiger partial charge in [-0.25, -0.2) is 0 Å². The summed E-state index contributed by atoms with van der Waals surface area (Å²) < 4.78 is 51.4. The van der Waals surface area contributed by atoms with E-state index >= 15 is 0 Å². The molecule has 4 rings (SSSR count). The third-order valence-corrected chi connectivity index (χ3v) is 5.39. The van der Waals surface area contributed by atoms with Gasteiger partial charge in [0.05, 0.1) is 18.6 Å². The highest BCUT2D eigenvalue weighted by Gasteiger charge is 2.38. The molecule has 1 N–H and O–H groups in total. The Morgan fingerprint density at radius 3 is 2.82 bits per heavy atom. The standard InChI is InChI=1S/C21H19F3O4/c1-11-7-13(9-18-20(11)12(10-27-18)8-19(25)26)28-17-6-5-14-15(17)3-2-4-16(14)21(22,23)24/h2-4,7,9,12,17H,5-6,8,10H2,1H3,(H,25,26). The Balaban J connectivity index is 1.60. The molecular weight excluding hydrogens is 373 g/mol. The average Bonchev–Trinajstić information content (AvgIpc) is 3.18. The summed E-state index contributed by atoms with van der Waals surface area (Å²) in [4.78, 5) is 11.0. The second kappa shape index (κ2) is 6.72. The minimum absolute atomic E-state index is 0.00966. The molecule has 2 atom stereocenters. The molecule has 1 aliphatic heterocycles. The molecular formula is C21H19F3O4. The van der Waals surface area contributed by atoms with Gasteiger partial charge in [-0.2, -0.15) is 13.2 Å². The zero-order valence-corrected chi connectivity index (χ0v) is 15.2. The van der Waals surface area contributed by atoms with Crippen LogP contribution >= 0.6 is 0 Å². The molecule has 28 heavy (non-hydrogen) atoms. The van der Waals surface area contributed by atoms with Gasteiger partial charge >= 0.3 is 12.1 Å². The number of fused-ring (bicyclic) bond motifs is 2. The van der Waals surface area contributed by atoms with Crippen LogP contribution in [-0.2, 0) is 17.4 Å². The van der Waals surface area contributed by atoms with Crippen LogP contribution in [0.5, 0.6) is 11.5 Å². The van der Waals surface area contributed by atoms with Gasteiger partial charge in [-0.1, -0.05) is 12.1 Å². The van der Waals surface area contributed by atoms with Crippen LogP contribution in [0.2, 0.25) is 0 Å². The quantitative estimate of drug-likeness (QED) is 0.793. The number of benzene rings is 2. The summed E-state index contributed by atoms with van der Waals surface area (Å²) in [6.07, 6.45) is -4.05. The van der Waals surface area contributed by atoms with Gasteiger partial charge in [0.25, 0.3) is 0 Å². The van der Waals surface area contributed by atoms with E-state index in [0.717, 1.165) is 17.2 Å². The molecule has 148 valence electrons. The molecule has 1 aliphatic carbocycles. The minimum atomic E-state index is -4.38. The number of hydrogen-bond acceptors (Lipinski definition) is 3. The average molecular weight is 392 g/mol. The van der Waals surface area contributed by atoms with Crippen LogP contribution in [0, 0.1) is 6.92 Å². The highest BCUT2D eigenvalue weighted by molar-refractivity contribution is 5.69. The number of hydrogen-bond donors (Lipinski definition) is 1. The lowest BCUT2D eigenvalue weighted by atomic mass is 9.93. The largest absolute Gasteiger partial charge is 0.492 e. The fraction of sp³-hybridized carbons (Fsp3) is 0.381. The van der Waals surface area contributed by atoms with E-state index in [1.54, 1.807) is 18.2 Å². The molecule has 0 aromatic heterocycles. The van der Waals surface area contributed by atoms with Crippen molar-refractivity contribution in [1.82, 2.24) is 0 Å². The van der Waals surface area contributed by atoms with Crippen LogP contribution in [0.15, 0.2) is 30.3 Å². The zero-order chi connectivity index (χ0) is 20.1. The molecule has 1 heterocycles. The molecule has 0 saturated carbocycles. The van der Waals surface area contributed by atoms with Gasteiger partial charge in [0, 0.05) is 17.5 Å². The molecule has 0 radical (unpaired) electrons. The summed E-state index contributed by atoms with van der Waals surface area (Å²) >= 11 is 0. The maximum absolute atomic E-state index is 13.2. The predicted molar refractivity (Wildman–Crippen MR) is 94.8 cm³/mol. The van der Waals surface area contributed by atoms with Crippen molar-refractivity contribution in [3.63, 3.8) is 0 Å². The fourth-order valence-electron chi connectivity index (χ4n) is 4.26. The van der Waals surface area contributed by atoms with Crippen molar-refractivity contribution in [3.8, 4) is 11.5 Å². The summed E-state index contributed by atoms with van der Waals surface area (Å²) in [6, 6.07) is 7.71. The van der Waals surface area contributed by atoms with Crippen LogP contribution in [0.1, 0.15) is 52.7 Å². The van der Waals surface area contributed by atoms with Gasteiger partial charge in [-0.05, 0) is 48.6 Å². The number of aliphatic carboxylic acids is 1. The normalized spacial score (nSPS) is 20.4. The lowest BCUT2D eigenvalue weighted by molar-refractivity contribution is -0.138. The van der Waals surface area contributed by atoms with E-state index in [2.05, 4.69) is 0 Å². The molecule has 0 fully saturated rings. The van der Waals surface area contributed by atoms with E-state index in [0.29, 0.717) is 42.1 Å². The summed E-state index contributed by atoms with van der Waals surface area (Å²) in [7, 11) is 0. The van der Waals surface area contributed by atoms with E-state index in [1.165, 1.54) is 6.07 Å². The van der Waals surface area contributed by atoms with Gasteiger partial charge in [0.15, 0.2) is 0 Å². The number of carboxylic acids is 1. The Morgan fingerprint density at radius 2 is 2.11 bits per heavy atom. The van der Waals surface area contributed by atoms with E-state index in [1.807, 2.05) is 6.92 Å². The Hall–Kier alpha value is -2.70. The van der Waals surface area contributed by atoms with Crippen molar-refractivity contribution in [2.75, 3.05) is 6.61 Å². The first-order valence-corrected chi connectivity index (χ1v) is 9.09. The van der Waals surface area contributed by atoms with Gasteiger partial charge in [0.1, 0.15) is 17.6 Å². The first kappa shape index (κ1) is 18.7. The summed E-state index contributed by atoms with van der Waals surface area (Å²) in [6.45, 7) is 2.16. The molecule has 2 aliphatic rings. The maximum Gasteiger partial charge on any atom is 0.416 e. The second-order valence-electron chi connectivity index (χ2n) is 7.27. The van der Waals surface area contributed by atoms with E-state index in [-0.39, 0.29) is 12.3 Å². The Bertz CT molecular complexity index is 936. The van der Waals surface area contributed by atoms with Crippen molar-refractivity contribution in [2.45, 2.75) is 44.4 Å². The summed E-state index contributed by atoms with van der Waals surface area (Å²) in [5.41, 5.74) is 1.99. The molecule has 4 nitrogen and oxygen atoms in total. The number of aryl methyl sites for hydroxylation is 1. The van der Waals surface area contributed by atoms with E-state index in [9.17, 15) is 18.0 Å². The molecule has 7 heteroatoms. The number of rotatable bonds is 4. The van der Waals surface area contributed by atoms with Crippen molar-refractivity contribution in [2.24, 2.45) is 0 Å². The SMILES string of the molecule is Cc1cc(OC2CCc3c2cccc3C(F)(F)F)cc2c1C(CC(=O)O)CO2. The topological polar surface area (TPSA) is 55.8 Å². The Labute approximate surface area is 159 Å². The molecule has 2 aromatic rings. The predicted octanol–water partition coefficient (Wildman–Crippen LogP) is 5.03. The van der Waals surface area contributed by atoms with Crippen LogP contribution < -0.4 is 9.47 Å². The first-order valence-electron chi connectivity index (χ1n) is 9.09. The molecule has 0 bridgehead atoms. The number of carbonyl (C=O) groups is 1. The van der Waals surface area contributed by atoms with Gasteiger partial charge in [-0.15, -0.1) is 0 Å². The summed E-state index contributed by atoms with van der Waals surface area (Å²) in [5, 5.41) is 9.05. The number of halogens is 3. The molecule has 0 saturated heterocycles. The van der Waals surface area contributed by atoms with Gasteiger partial charge < -0.3 is 14.6 Å². The van der Waals surface area contributed by atoms with Crippen LogP contribution in [0.25, 0.3) is 0 Å². The summed E-state index contributed by atoms with van der Waals surface area (Å²) in [5.74, 6) is 0.0123. The van der Waals surface area contributed by atoms with Crippen molar-refractivity contribution in [1.29, 1.82) is 0 Å². The third kappa shape index (κ3) is 3.30. The minimum Gasteiger partial charge on any atom is -0.492 e. The number of carboxylic acid groups (broad SMARTS) is 1. The molecule has 2 unspecified atom stereocenters. The maximum atomic E-state index is 13.2. The fourth-order valence-corrected chi connectivity index (χ4v) is 4.26. The second-order valence-corrected chi connectivity index (χ2v) is 7.27. The molecule has 0 amide bonds. The zero-order valence-electron chi connectivity index (χ0n) is 15.2. The first-order chi connectivity index (χ1) is 13.2. The van der Waals surface area contributed by atoms with Crippen molar-refractivity contribution >= 4 is 5.97 Å². The van der Waals surface area contributed by atoms with Crippen LogP contribution in [-0.4, -0.2) is 17.7 Å².